The van der Waals surface area contributed by atoms with Gasteiger partial charge in [-0.2, -0.15) is 0 Å². The Morgan fingerprint density at radius 3 is 2.56 bits per heavy atom. The van der Waals surface area contributed by atoms with Gasteiger partial charge in [-0.25, -0.2) is 4.39 Å². The Morgan fingerprint density at radius 2 is 1.94 bits per heavy atom. The molecule has 0 radical (unpaired) electrons. The van der Waals surface area contributed by atoms with E-state index < -0.39 is 5.82 Å². The first-order chi connectivity index (χ1) is 7.70. The molecule has 1 amide bonds. The molecule has 0 saturated carbocycles. The molecule has 1 aliphatic heterocycles. The predicted octanol–water partition coefficient (Wildman–Crippen LogP) is 2.03. The zero-order valence-corrected chi connectivity index (χ0v) is 9.08. The monoisotopic (exact) mass is 222 g/mol. The van der Waals surface area contributed by atoms with Crippen LogP contribution in [0.25, 0.3) is 0 Å². The normalized spacial score (nSPS) is 16.2. The SMILES string of the molecule is Nc1cccc(F)c1C(=O)N1CCCCC1. The number of nitrogens with zero attached hydrogens (tertiary/aromatic N) is 1. The van der Waals surface area contributed by atoms with E-state index in [0.717, 1.165) is 19.3 Å². The zero-order chi connectivity index (χ0) is 11.5. The molecule has 1 aromatic carbocycles. The smallest absolute Gasteiger partial charge is 0.258 e. The second-order valence-corrected chi connectivity index (χ2v) is 4.06. The summed E-state index contributed by atoms with van der Waals surface area (Å²) in [5.74, 6) is -0.814. The highest BCUT2D eigenvalue weighted by Crippen LogP contribution is 2.20. The number of hydrogen-bond donors (Lipinski definition) is 1. The van der Waals surface area contributed by atoms with Gasteiger partial charge in [-0.15, -0.1) is 0 Å². The molecule has 2 rings (SSSR count). The van der Waals surface area contributed by atoms with E-state index >= 15 is 0 Å². The number of nitrogen functional groups attached to an aromatic ring is 1. The summed E-state index contributed by atoms with van der Waals surface area (Å²) in [5.41, 5.74) is 5.88. The van der Waals surface area contributed by atoms with Crippen LogP contribution in [-0.4, -0.2) is 23.9 Å². The third-order valence-electron chi connectivity index (χ3n) is 2.90. The fourth-order valence-electron chi connectivity index (χ4n) is 2.02. The average Bonchev–Trinajstić information content (AvgIpc) is 2.30. The second kappa shape index (κ2) is 4.51. The number of hydrogen-bond acceptors (Lipinski definition) is 2. The van der Waals surface area contributed by atoms with Crippen LogP contribution in [0.2, 0.25) is 0 Å². The first kappa shape index (κ1) is 10.9. The topological polar surface area (TPSA) is 46.3 Å². The standard InChI is InChI=1S/C12H15FN2O/c13-9-5-4-6-10(14)11(9)12(16)15-7-2-1-3-8-15/h4-6H,1-3,7-8,14H2. The number of benzene rings is 1. The van der Waals surface area contributed by atoms with Gasteiger partial charge in [0.25, 0.3) is 5.91 Å². The first-order valence-electron chi connectivity index (χ1n) is 5.53. The van der Waals surface area contributed by atoms with E-state index in [9.17, 15) is 9.18 Å². The number of likely N-dealkylation sites (tertiary alicyclic amines) is 1. The molecule has 3 nitrogen and oxygen atoms in total. The molecular weight excluding hydrogens is 207 g/mol. The lowest BCUT2D eigenvalue weighted by Gasteiger charge is -2.27. The predicted molar refractivity (Wildman–Crippen MR) is 60.6 cm³/mol. The molecule has 2 N–H and O–H groups in total. The molecule has 16 heavy (non-hydrogen) atoms. The van der Waals surface area contributed by atoms with Crippen LogP contribution in [0.5, 0.6) is 0 Å². The van der Waals surface area contributed by atoms with Crippen LogP contribution in [0.3, 0.4) is 0 Å². The minimum Gasteiger partial charge on any atom is -0.398 e. The molecular formula is C12H15FN2O. The maximum absolute atomic E-state index is 13.5. The average molecular weight is 222 g/mol. The Morgan fingerprint density at radius 1 is 1.25 bits per heavy atom. The van der Waals surface area contributed by atoms with Crippen molar-refractivity contribution in [3.05, 3.63) is 29.6 Å². The number of amides is 1. The molecule has 1 heterocycles. The third kappa shape index (κ3) is 2.01. The summed E-state index contributed by atoms with van der Waals surface area (Å²) in [6.45, 7) is 1.40. The van der Waals surface area contributed by atoms with Crippen LogP contribution >= 0.6 is 0 Å². The lowest BCUT2D eigenvalue weighted by molar-refractivity contribution is 0.0721. The van der Waals surface area contributed by atoms with Crippen molar-refractivity contribution in [2.75, 3.05) is 18.8 Å². The van der Waals surface area contributed by atoms with Crippen LogP contribution in [0.1, 0.15) is 29.6 Å². The Kier molecular flexibility index (Phi) is 3.08. The number of anilines is 1. The number of halogens is 1. The van der Waals surface area contributed by atoms with Gasteiger partial charge in [-0.05, 0) is 31.4 Å². The Hall–Kier alpha value is -1.58. The van der Waals surface area contributed by atoms with Crippen molar-refractivity contribution in [3.8, 4) is 0 Å². The Bertz CT molecular complexity index is 380. The zero-order valence-electron chi connectivity index (χ0n) is 9.08. The molecule has 1 saturated heterocycles. The molecule has 1 aromatic rings. The van der Waals surface area contributed by atoms with Crippen molar-refractivity contribution in [2.24, 2.45) is 0 Å². The highest BCUT2D eigenvalue weighted by atomic mass is 19.1. The minimum atomic E-state index is -0.532. The highest BCUT2D eigenvalue weighted by Gasteiger charge is 2.22. The number of piperidine rings is 1. The van der Waals surface area contributed by atoms with Gasteiger partial charge in [0.05, 0.1) is 5.56 Å². The Balaban J connectivity index is 2.26. The van der Waals surface area contributed by atoms with Crippen molar-refractivity contribution in [3.63, 3.8) is 0 Å². The van der Waals surface area contributed by atoms with Gasteiger partial charge in [0.2, 0.25) is 0 Å². The van der Waals surface area contributed by atoms with E-state index in [1.165, 1.54) is 12.1 Å². The third-order valence-corrected chi connectivity index (χ3v) is 2.90. The van der Waals surface area contributed by atoms with Crippen molar-refractivity contribution in [2.45, 2.75) is 19.3 Å². The van der Waals surface area contributed by atoms with Gasteiger partial charge in [-0.1, -0.05) is 6.07 Å². The maximum Gasteiger partial charge on any atom is 0.258 e. The summed E-state index contributed by atoms with van der Waals surface area (Å²) in [4.78, 5) is 13.7. The fraction of sp³-hybridized carbons (Fsp3) is 0.417. The van der Waals surface area contributed by atoms with Crippen LogP contribution in [0.4, 0.5) is 10.1 Å². The van der Waals surface area contributed by atoms with E-state index in [-0.39, 0.29) is 17.2 Å². The van der Waals surface area contributed by atoms with Crippen LogP contribution in [0.15, 0.2) is 18.2 Å². The van der Waals surface area contributed by atoms with Gasteiger partial charge in [-0.3, -0.25) is 4.79 Å². The van der Waals surface area contributed by atoms with Crippen LogP contribution in [-0.2, 0) is 0 Å². The first-order valence-corrected chi connectivity index (χ1v) is 5.53. The van der Waals surface area contributed by atoms with Gasteiger partial charge in [0.1, 0.15) is 5.82 Å². The lowest BCUT2D eigenvalue weighted by Crippen LogP contribution is -2.36. The quantitative estimate of drug-likeness (QED) is 0.739. The molecule has 0 aliphatic carbocycles. The van der Waals surface area contributed by atoms with Gasteiger partial charge < -0.3 is 10.6 Å². The van der Waals surface area contributed by atoms with E-state index in [0.29, 0.717) is 13.1 Å². The van der Waals surface area contributed by atoms with Crippen LogP contribution in [0, 0.1) is 5.82 Å². The summed E-state index contributed by atoms with van der Waals surface area (Å²) in [6.07, 6.45) is 3.11. The van der Waals surface area contributed by atoms with E-state index in [4.69, 9.17) is 5.73 Å². The van der Waals surface area contributed by atoms with Gasteiger partial charge in [0.15, 0.2) is 0 Å². The largest absolute Gasteiger partial charge is 0.398 e. The molecule has 0 spiro atoms. The van der Waals surface area contributed by atoms with E-state index in [2.05, 4.69) is 0 Å². The highest BCUT2D eigenvalue weighted by molar-refractivity contribution is 5.99. The molecule has 0 bridgehead atoms. The molecule has 86 valence electrons. The number of carbonyl (C=O) groups excluding carboxylic acids is 1. The van der Waals surface area contributed by atoms with E-state index in [1.807, 2.05) is 0 Å². The minimum absolute atomic E-state index is 0.0180. The van der Waals surface area contributed by atoms with Crippen LogP contribution < -0.4 is 5.73 Å². The van der Waals surface area contributed by atoms with E-state index in [1.54, 1.807) is 11.0 Å². The molecule has 0 aromatic heterocycles. The molecule has 1 fully saturated rings. The lowest BCUT2D eigenvalue weighted by atomic mass is 10.1. The maximum atomic E-state index is 13.5. The summed E-state index contributed by atoms with van der Waals surface area (Å²) >= 11 is 0. The fourth-order valence-corrected chi connectivity index (χ4v) is 2.02. The molecule has 0 atom stereocenters. The summed E-state index contributed by atoms with van der Waals surface area (Å²) in [6, 6.07) is 4.34. The number of carbonyl (C=O) groups is 1. The number of nitrogens with two attached hydrogens (primary N) is 1. The van der Waals surface area contributed by atoms with Crippen molar-refractivity contribution in [1.29, 1.82) is 0 Å². The van der Waals surface area contributed by atoms with Crippen molar-refractivity contribution in [1.82, 2.24) is 4.90 Å². The molecule has 0 unspecified atom stereocenters. The van der Waals surface area contributed by atoms with Gasteiger partial charge in [0, 0.05) is 18.8 Å². The second-order valence-electron chi connectivity index (χ2n) is 4.06. The molecule has 1 aliphatic rings. The van der Waals surface area contributed by atoms with Crippen molar-refractivity contribution < 1.29 is 9.18 Å². The van der Waals surface area contributed by atoms with Crippen molar-refractivity contribution >= 4 is 11.6 Å². The number of rotatable bonds is 1. The summed E-state index contributed by atoms with van der Waals surface area (Å²) < 4.78 is 13.5. The Labute approximate surface area is 94.0 Å². The molecule has 4 heteroatoms. The van der Waals surface area contributed by atoms with Gasteiger partial charge >= 0.3 is 0 Å². The summed E-state index contributed by atoms with van der Waals surface area (Å²) in [7, 11) is 0. The summed E-state index contributed by atoms with van der Waals surface area (Å²) in [5, 5.41) is 0.